The van der Waals surface area contributed by atoms with Crippen LogP contribution < -0.4 is 5.32 Å². The molecule has 8 heteroatoms. The van der Waals surface area contributed by atoms with Crippen molar-refractivity contribution in [3.05, 3.63) is 81.6 Å². The summed E-state index contributed by atoms with van der Waals surface area (Å²) in [5, 5.41) is 3.23. The molecular weight excluding hydrogens is 417 g/mol. The smallest absolute Gasteiger partial charge is 0.257 e. The zero-order valence-electron chi connectivity index (χ0n) is 16.9. The van der Waals surface area contributed by atoms with E-state index in [1.165, 1.54) is 22.3 Å². The Kier molecular flexibility index (Phi) is 5.90. The first-order valence-electron chi connectivity index (χ1n) is 9.82. The predicted octanol–water partition coefficient (Wildman–Crippen LogP) is 4.08. The second-order valence-electron chi connectivity index (χ2n) is 7.42. The van der Waals surface area contributed by atoms with E-state index >= 15 is 0 Å². The van der Waals surface area contributed by atoms with E-state index in [1.54, 1.807) is 43.5 Å². The molecule has 0 bridgehead atoms. The van der Waals surface area contributed by atoms with Gasteiger partial charge in [0, 0.05) is 35.9 Å². The molecule has 2 aromatic carbocycles. The van der Waals surface area contributed by atoms with Crippen molar-refractivity contribution < 1.29 is 18.8 Å². The van der Waals surface area contributed by atoms with Crippen LogP contribution in [0, 0.1) is 12.7 Å². The van der Waals surface area contributed by atoms with Gasteiger partial charge in [-0.3, -0.25) is 24.6 Å². The van der Waals surface area contributed by atoms with Crippen molar-refractivity contribution in [2.24, 2.45) is 0 Å². The van der Waals surface area contributed by atoms with Crippen molar-refractivity contribution in [3.63, 3.8) is 0 Å². The molecule has 1 N–H and O–H groups in total. The maximum absolute atomic E-state index is 13.7. The average molecular weight is 437 g/mol. The van der Waals surface area contributed by atoms with Crippen LogP contribution >= 0.6 is 11.3 Å². The first-order chi connectivity index (χ1) is 14.9. The topological polar surface area (TPSA) is 79.4 Å². The van der Waals surface area contributed by atoms with Gasteiger partial charge >= 0.3 is 0 Å². The van der Waals surface area contributed by atoms with Gasteiger partial charge in [0.15, 0.2) is 5.13 Å². The summed E-state index contributed by atoms with van der Waals surface area (Å²) < 4.78 is 13.7. The monoisotopic (exact) mass is 437 g/mol. The average Bonchev–Trinajstić information content (AvgIpc) is 3.32. The number of thiazole rings is 1. The first kappa shape index (κ1) is 20.9. The molecule has 1 fully saturated rings. The Hall–Kier alpha value is -3.39. The molecule has 1 aromatic heterocycles. The van der Waals surface area contributed by atoms with Gasteiger partial charge in [-0.1, -0.05) is 24.3 Å². The summed E-state index contributed by atoms with van der Waals surface area (Å²) in [6, 6.07) is 11.9. The van der Waals surface area contributed by atoms with Gasteiger partial charge < -0.3 is 0 Å². The highest BCUT2D eigenvalue weighted by Crippen LogP contribution is 2.23. The minimum absolute atomic E-state index is 0.167. The Morgan fingerprint density at radius 1 is 1.10 bits per heavy atom. The second kappa shape index (κ2) is 8.77. The Morgan fingerprint density at radius 2 is 1.77 bits per heavy atom. The van der Waals surface area contributed by atoms with Crippen molar-refractivity contribution in [3.8, 4) is 0 Å². The number of carbonyl (C=O) groups excluding carboxylic acids is 3. The molecule has 3 aromatic rings. The van der Waals surface area contributed by atoms with E-state index in [9.17, 15) is 18.8 Å². The fraction of sp³-hybridized carbons (Fsp3) is 0.217. The van der Waals surface area contributed by atoms with Gasteiger partial charge in [0.05, 0.1) is 6.54 Å². The van der Waals surface area contributed by atoms with Crippen LogP contribution in [0.3, 0.4) is 0 Å². The minimum Gasteiger partial charge on any atom is -0.298 e. The number of hydrogen-bond acceptors (Lipinski definition) is 5. The highest BCUT2D eigenvalue weighted by atomic mass is 32.1. The largest absolute Gasteiger partial charge is 0.298 e. The first-order valence-corrected chi connectivity index (χ1v) is 10.6. The zero-order chi connectivity index (χ0) is 22.0. The molecule has 1 saturated heterocycles. The van der Waals surface area contributed by atoms with Gasteiger partial charge in [0.1, 0.15) is 5.82 Å². The highest BCUT2D eigenvalue weighted by Gasteiger charge is 2.28. The number of amides is 3. The lowest BCUT2D eigenvalue weighted by molar-refractivity contribution is -0.139. The van der Waals surface area contributed by atoms with E-state index in [0.717, 1.165) is 16.0 Å². The van der Waals surface area contributed by atoms with E-state index < -0.39 is 0 Å². The molecule has 0 saturated carbocycles. The van der Waals surface area contributed by atoms with E-state index in [4.69, 9.17) is 0 Å². The summed E-state index contributed by atoms with van der Waals surface area (Å²) in [6.45, 7) is 1.94. The SMILES string of the molecule is Cc1ccc(Cc2cnc(NC(=O)c3ccc(CN4C(=O)CCC4=O)cc3)s2)cc1F. The number of nitrogens with one attached hydrogen (secondary N) is 1. The number of aromatic nitrogens is 1. The Labute approximate surface area is 182 Å². The lowest BCUT2D eigenvalue weighted by atomic mass is 10.1. The third-order valence-electron chi connectivity index (χ3n) is 5.10. The summed E-state index contributed by atoms with van der Waals surface area (Å²) in [4.78, 5) is 42.4. The third kappa shape index (κ3) is 4.86. The number of anilines is 1. The fourth-order valence-electron chi connectivity index (χ4n) is 3.31. The summed E-state index contributed by atoms with van der Waals surface area (Å²) in [6.07, 6.45) is 2.72. The van der Waals surface area contributed by atoms with Crippen LogP contribution in [-0.2, 0) is 22.6 Å². The maximum atomic E-state index is 13.7. The molecule has 6 nitrogen and oxygen atoms in total. The molecule has 158 valence electrons. The minimum atomic E-state index is -0.304. The second-order valence-corrected chi connectivity index (χ2v) is 8.53. The summed E-state index contributed by atoms with van der Waals surface area (Å²) in [5.41, 5.74) is 2.67. The van der Waals surface area contributed by atoms with Crippen LogP contribution in [0.2, 0.25) is 0 Å². The standard InChI is InChI=1S/C23H20FN3O3S/c1-14-2-3-16(11-19(14)24)10-18-12-25-23(31-18)26-22(30)17-6-4-15(5-7-17)13-27-20(28)8-9-21(27)29/h2-7,11-12H,8-10,13H2,1H3,(H,25,26,30). The van der Waals surface area contributed by atoms with E-state index in [1.807, 2.05) is 6.07 Å². The highest BCUT2D eigenvalue weighted by molar-refractivity contribution is 7.15. The molecule has 0 atom stereocenters. The predicted molar refractivity (Wildman–Crippen MR) is 115 cm³/mol. The lowest BCUT2D eigenvalue weighted by Crippen LogP contribution is -2.28. The molecule has 2 heterocycles. The normalized spacial score (nSPS) is 13.7. The van der Waals surface area contributed by atoms with Crippen molar-refractivity contribution >= 4 is 34.2 Å². The van der Waals surface area contributed by atoms with Gasteiger partial charge in [-0.05, 0) is 41.8 Å². The van der Waals surface area contributed by atoms with E-state index in [2.05, 4.69) is 10.3 Å². The number of rotatable bonds is 6. The number of imide groups is 1. The molecular formula is C23H20FN3O3S. The Balaban J connectivity index is 1.36. The van der Waals surface area contributed by atoms with Crippen molar-refractivity contribution in [2.45, 2.75) is 32.7 Å². The summed E-state index contributed by atoms with van der Waals surface area (Å²) in [7, 11) is 0. The van der Waals surface area contributed by atoms with E-state index in [-0.39, 0.29) is 42.9 Å². The number of likely N-dealkylation sites (tertiary alicyclic amines) is 1. The van der Waals surface area contributed by atoms with Gasteiger partial charge in [-0.2, -0.15) is 0 Å². The number of halogens is 1. The number of nitrogens with zero attached hydrogens (tertiary/aromatic N) is 2. The quantitative estimate of drug-likeness (QED) is 0.590. The number of hydrogen-bond donors (Lipinski definition) is 1. The summed E-state index contributed by atoms with van der Waals surface area (Å²) in [5.74, 6) is -0.876. The molecule has 0 spiro atoms. The van der Waals surface area contributed by atoms with E-state index in [0.29, 0.717) is 22.7 Å². The number of benzene rings is 2. The molecule has 0 radical (unpaired) electrons. The number of carbonyl (C=O) groups is 3. The van der Waals surface area contributed by atoms with Crippen LogP contribution in [0.15, 0.2) is 48.7 Å². The van der Waals surface area contributed by atoms with Crippen LogP contribution in [0.5, 0.6) is 0 Å². The Bertz CT molecular complexity index is 1140. The maximum Gasteiger partial charge on any atom is 0.257 e. The van der Waals surface area contributed by atoms with Gasteiger partial charge in [-0.25, -0.2) is 9.37 Å². The van der Waals surface area contributed by atoms with Crippen LogP contribution in [0.1, 0.15) is 44.8 Å². The van der Waals surface area contributed by atoms with Crippen LogP contribution in [0.25, 0.3) is 0 Å². The Morgan fingerprint density at radius 3 is 2.45 bits per heavy atom. The third-order valence-corrected chi connectivity index (χ3v) is 6.01. The van der Waals surface area contributed by atoms with Gasteiger partial charge in [0.25, 0.3) is 5.91 Å². The van der Waals surface area contributed by atoms with Gasteiger partial charge in [-0.15, -0.1) is 11.3 Å². The molecule has 31 heavy (non-hydrogen) atoms. The molecule has 0 aliphatic carbocycles. The molecule has 3 amide bonds. The van der Waals surface area contributed by atoms with Crippen molar-refractivity contribution in [1.82, 2.24) is 9.88 Å². The van der Waals surface area contributed by atoms with Crippen LogP contribution in [-0.4, -0.2) is 27.6 Å². The number of aryl methyl sites for hydroxylation is 1. The van der Waals surface area contributed by atoms with Crippen molar-refractivity contribution in [1.29, 1.82) is 0 Å². The summed E-state index contributed by atoms with van der Waals surface area (Å²) >= 11 is 1.34. The fourth-order valence-corrected chi connectivity index (χ4v) is 4.15. The van der Waals surface area contributed by atoms with Gasteiger partial charge in [0.2, 0.25) is 11.8 Å². The molecule has 4 rings (SSSR count). The lowest BCUT2D eigenvalue weighted by Gasteiger charge is -2.13. The molecule has 1 aliphatic rings. The zero-order valence-corrected chi connectivity index (χ0v) is 17.7. The van der Waals surface area contributed by atoms with Crippen molar-refractivity contribution in [2.75, 3.05) is 5.32 Å². The molecule has 1 aliphatic heterocycles. The van der Waals surface area contributed by atoms with Crippen LogP contribution in [0.4, 0.5) is 9.52 Å². The molecule has 0 unspecified atom stereocenters.